The van der Waals surface area contributed by atoms with E-state index in [2.05, 4.69) is 10.1 Å². The molecule has 4 aromatic rings. The van der Waals surface area contributed by atoms with E-state index in [9.17, 15) is 14.3 Å². The molecule has 0 spiro atoms. The predicted molar refractivity (Wildman–Crippen MR) is 95.5 cm³/mol. The molecule has 4 rings (SSSR count). The number of aryl methyl sites for hydroxylation is 1. The first-order valence-electron chi connectivity index (χ1n) is 7.97. The number of aromatic nitrogens is 3. The first-order chi connectivity index (χ1) is 12.5. The molecular formula is C20H14FN3O2. The molecule has 5 nitrogen and oxygen atoms in total. The largest absolute Gasteiger partial charge is 0.478 e. The molecule has 0 amide bonds. The van der Waals surface area contributed by atoms with Gasteiger partial charge in [-0.3, -0.25) is 4.98 Å². The number of carboxylic acid groups (broad SMARTS) is 1. The molecule has 0 aliphatic carbocycles. The van der Waals surface area contributed by atoms with Crippen molar-refractivity contribution in [2.24, 2.45) is 0 Å². The fourth-order valence-corrected chi connectivity index (χ4v) is 2.97. The summed E-state index contributed by atoms with van der Waals surface area (Å²) >= 11 is 0. The summed E-state index contributed by atoms with van der Waals surface area (Å²) in [7, 11) is 0. The van der Waals surface area contributed by atoms with Crippen LogP contribution < -0.4 is 0 Å². The summed E-state index contributed by atoms with van der Waals surface area (Å²) in [5, 5.41) is 13.4. The molecule has 1 aromatic carbocycles. The number of carboxylic acids is 1. The van der Waals surface area contributed by atoms with Gasteiger partial charge in [0.25, 0.3) is 0 Å². The van der Waals surface area contributed by atoms with E-state index >= 15 is 0 Å². The lowest BCUT2D eigenvalue weighted by molar-refractivity contribution is 0.0699. The molecule has 0 radical (unpaired) electrons. The van der Waals surface area contributed by atoms with Crippen LogP contribution in [0.3, 0.4) is 0 Å². The maximum Gasteiger partial charge on any atom is 0.339 e. The number of nitrogens with zero attached hydrogens (tertiary/aromatic N) is 3. The van der Waals surface area contributed by atoms with Crippen LogP contribution in [0, 0.1) is 12.7 Å². The molecule has 0 bridgehead atoms. The summed E-state index contributed by atoms with van der Waals surface area (Å²) in [6.07, 6.45) is 4.72. The monoisotopic (exact) mass is 347 g/mol. The third-order valence-electron chi connectivity index (χ3n) is 4.30. The molecule has 3 aromatic heterocycles. The minimum Gasteiger partial charge on any atom is -0.478 e. The summed E-state index contributed by atoms with van der Waals surface area (Å²) in [6.45, 7) is 1.71. The molecule has 0 aliphatic heterocycles. The number of aromatic carboxylic acids is 1. The summed E-state index contributed by atoms with van der Waals surface area (Å²) in [6, 6.07) is 12.2. The maximum atomic E-state index is 13.6. The molecule has 128 valence electrons. The quantitative estimate of drug-likeness (QED) is 0.603. The van der Waals surface area contributed by atoms with Gasteiger partial charge in [0.2, 0.25) is 0 Å². The van der Waals surface area contributed by atoms with Crippen molar-refractivity contribution < 1.29 is 14.3 Å². The molecule has 0 fully saturated rings. The van der Waals surface area contributed by atoms with E-state index in [1.165, 1.54) is 16.8 Å². The Bertz CT molecular complexity index is 1150. The summed E-state index contributed by atoms with van der Waals surface area (Å²) in [5.41, 5.74) is 4.32. The fourth-order valence-electron chi connectivity index (χ4n) is 2.97. The molecule has 0 saturated carbocycles. The maximum absolute atomic E-state index is 13.6. The number of hydrogen-bond acceptors (Lipinski definition) is 3. The Morgan fingerprint density at radius 1 is 1.15 bits per heavy atom. The zero-order valence-corrected chi connectivity index (χ0v) is 13.8. The Labute approximate surface area is 148 Å². The molecule has 0 unspecified atom stereocenters. The highest BCUT2D eigenvalue weighted by molar-refractivity contribution is 5.96. The summed E-state index contributed by atoms with van der Waals surface area (Å²) < 4.78 is 15.1. The molecule has 3 heterocycles. The van der Waals surface area contributed by atoms with Crippen molar-refractivity contribution in [3.05, 3.63) is 78.0 Å². The van der Waals surface area contributed by atoms with Crippen LogP contribution >= 0.6 is 0 Å². The molecular weight excluding hydrogens is 333 g/mol. The van der Waals surface area contributed by atoms with Gasteiger partial charge < -0.3 is 5.11 Å². The van der Waals surface area contributed by atoms with Crippen LogP contribution in [0.25, 0.3) is 27.9 Å². The topological polar surface area (TPSA) is 67.5 Å². The molecule has 0 saturated heterocycles. The Balaban J connectivity index is 1.91. The van der Waals surface area contributed by atoms with Crippen molar-refractivity contribution >= 4 is 11.5 Å². The van der Waals surface area contributed by atoms with Crippen molar-refractivity contribution in [3.8, 4) is 22.4 Å². The van der Waals surface area contributed by atoms with E-state index in [1.807, 2.05) is 18.2 Å². The van der Waals surface area contributed by atoms with Gasteiger partial charge in [-0.2, -0.15) is 5.10 Å². The molecule has 6 heteroatoms. The molecule has 1 N–H and O–H groups in total. The predicted octanol–water partition coefficient (Wildman–Crippen LogP) is 4.21. The van der Waals surface area contributed by atoms with E-state index in [-0.39, 0.29) is 11.4 Å². The van der Waals surface area contributed by atoms with Gasteiger partial charge in [0.15, 0.2) is 0 Å². The summed E-state index contributed by atoms with van der Waals surface area (Å²) in [4.78, 5) is 15.8. The number of hydrogen-bond donors (Lipinski definition) is 1. The van der Waals surface area contributed by atoms with Crippen LogP contribution in [0.5, 0.6) is 0 Å². The van der Waals surface area contributed by atoms with Gasteiger partial charge in [0.1, 0.15) is 11.4 Å². The summed E-state index contributed by atoms with van der Waals surface area (Å²) in [5.74, 6) is -1.30. The number of rotatable bonds is 3. The average molecular weight is 347 g/mol. The van der Waals surface area contributed by atoms with Gasteiger partial charge in [-0.05, 0) is 54.4 Å². The first-order valence-corrected chi connectivity index (χ1v) is 7.97. The molecule has 0 aliphatic rings. The number of fused-ring (bicyclic) bond motifs is 1. The lowest BCUT2D eigenvalue weighted by Gasteiger charge is -2.10. The standard InChI is InChI=1S/C20H14FN3O2/c1-12-9-14(4-5-17(12)21)19-15(3-2-7-22-19)13-6-8-24-18(10-13)16(11-23-24)20(25)26/h2-11H,1H3,(H,25,26). The molecule has 0 atom stereocenters. The third kappa shape index (κ3) is 2.61. The van der Waals surface area contributed by atoms with Crippen LogP contribution in [0.4, 0.5) is 4.39 Å². The highest BCUT2D eigenvalue weighted by atomic mass is 19.1. The third-order valence-corrected chi connectivity index (χ3v) is 4.30. The Kier molecular flexibility index (Phi) is 3.73. The van der Waals surface area contributed by atoms with Crippen LogP contribution in [0.2, 0.25) is 0 Å². The Morgan fingerprint density at radius 2 is 2.00 bits per heavy atom. The van der Waals surface area contributed by atoms with Gasteiger partial charge in [0, 0.05) is 23.5 Å². The van der Waals surface area contributed by atoms with E-state index in [1.54, 1.807) is 37.5 Å². The second-order valence-corrected chi connectivity index (χ2v) is 5.97. The van der Waals surface area contributed by atoms with Crippen LogP contribution in [-0.4, -0.2) is 25.7 Å². The number of halogens is 1. The minimum absolute atomic E-state index is 0.134. The average Bonchev–Trinajstić information content (AvgIpc) is 3.07. The van der Waals surface area contributed by atoms with Crippen LogP contribution in [0.15, 0.2) is 61.1 Å². The molecule has 26 heavy (non-hydrogen) atoms. The fraction of sp³-hybridized carbons (Fsp3) is 0.0500. The van der Waals surface area contributed by atoms with Crippen LogP contribution in [0.1, 0.15) is 15.9 Å². The Morgan fingerprint density at radius 3 is 2.77 bits per heavy atom. The highest BCUT2D eigenvalue weighted by Gasteiger charge is 2.14. The van der Waals surface area contributed by atoms with Crippen molar-refractivity contribution in [2.75, 3.05) is 0 Å². The van der Waals surface area contributed by atoms with Gasteiger partial charge in [0.05, 0.1) is 17.4 Å². The van der Waals surface area contributed by atoms with E-state index < -0.39 is 5.97 Å². The second kappa shape index (κ2) is 6.07. The number of carbonyl (C=O) groups is 1. The lowest BCUT2D eigenvalue weighted by Crippen LogP contribution is -1.96. The van der Waals surface area contributed by atoms with Gasteiger partial charge in [-0.15, -0.1) is 0 Å². The van der Waals surface area contributed by atoms with Crippen LogP contribution in [-0.2, 0) is 0 Å². The van der Waals surface area contributed by atoms with Gasteiger partial charge >= 0.3 is 5.97 Å². The van der Waals surface area contributed by atoms with E-state index in [4.69, 9.17) is 0 Å². The normalized spacial score (nSPS) is 11.0. The van der Waals surface area contributed by atoms with Gasteiger partial charge in [-0.25, -0.2) is 13.7 Å². The SMILES string of the molecule is Cc1cc(-c2ncccc2-c2ccn3ncc(C(=O)O)c3c2)ccc1F. The van der Waals surface area contributed by atoms with Crippen molar-refractivity contribution in [1.82, 2.24) is 14.6 Å². The van der Waals surface area contributed by atoms with E-state index in [0.717, 1.165) is 16.7 Å². The van der Waals surface area contributed by atoms with Crippen molar-refractivity contribution in [3.63, 3.8) is 0 Å². The highest BCUT2D eigenvalue weighted by Crippen LogP contribution is 2.32. The zero-order chi connectivity index (χ0) is 18.3. The lowest BCUT2D eigenvalue weighted by atomic mass is 9.98. The number of pyridine rings is 2. The minimum atomic E-state index is -1.03. The van der Waals surface area contributed by atoms with E-state index in [0.29, 0.717) is 16.8 Å². The van der Waals surface area contributed by atoms with Gasteiger partial charge in [-0.1, -0.05) is 6.07 Å². The smallest absolute Gasteiger partial charge is 0.339 e. The van der Waals surface area contributed by atoms with Crippen molar-refractivity contribution in [2.45, 2.75) is 6.92 Å². The first kappa shape index (κ1) is 16.0. The zero-order valence-electron chi connectivity index (χ0n) is 13.8. The Hall–Kier alpha value is -3.54. The van der Waals surface area contributed by atoms with Crippen molar-refractivity contribution in [1.29, 1.82) is 0 Å². The second-order valence-electron chi connectivity index (χ2n) is 5.97. The number of benzene rings is 1.